The summed E-state index contributed by atoms with van der Waals surface area (Å²) >= 11 is 0. The standard InChI is InChI=1S/C6H19NSi2.C2H6Si/c1-8(2,3)7-9(4,5)6;1-2-3/h7H,1-6H3;2H,1H2,3H3. The summed E-state index contributed by atoms with van der Waals surface area (Å²) in [6.45, 7) is 17.5. The van der Waals surface area contributed by atoms with Crippen molar-refractivity contribution < 1.29 is 0 Å². The zero-order valence-electron chi connectivity index (χ0n) is 9.78. The topological polar surface area (TPSA) is 12.0 Å². The Morgan fingerprint density at radius 1 is 1.00 bits per heavy atom. The lowest BCUT2D eigenvalue weighted by molar-refractivity contribution is 1.30. The van der Waals surface area contributed by atoms with Crippen LogP contribution in [0.5, 0.6) is 0 Å². The Labute approximate surface area is 83.3 Å². The van der Waals surface area contributed by atoms with E-state index in [0.717, 1.165) is 10.2 Å². The van der Waals surface area contributed by atoms with Crippen LogP contribution in [-0.2, 0) is 0 Å². The lowest BCUT2D eigenvalue weighted by Crippen LogP contribution is -2.55. The van der Waals surface area contributed by atoms with Gasteiger partial charge in [-0.3, -0.25) is 0 Å². The Hall–Kier alpha value is 0.351. The normalized spacial score (nSPS) is 11.8. The second-order valence-electron chi connectivity index (χ2n) is 5.03. The van der Waals surface area contributed by atoms with Gasteiger partial charge in [0.25, 0.3) is 0 Å². The summed E-state index contributed by atoms with van der Waals surface area (Å²) in [4.78, 5) is 0. The van der Waals surface area contributed by atoms with Crippen LogP contribution in [0.4, 0.5) is 0 Å². The van der Waals surface area contributed by atoms with Gasteiger partial charge in [0, 0.05) is 10.2 Å². The number of hydrogen-bond donors (Lipinski definition) is 1. The second kappa shape index (κ2) is 5.90. The fourth-order valence-electron chi connectivity index (χ4n) is 1.12. The third-order valence-corrected chi connectivity index (χ3v) is 6.75. The first kappa shape index (κ1) is 14.9. The molecule has 0 aliphatic heterocycles. The fourth-order valence-corrected chi connectivity index (χ4v) is 10.1. The van der Waals surface area contributed by atoms with Crippen LogP contribution in [0.15, 0.2) is 12.3 Å². The maximum Gasteiger partial charge on any atom is 0.109 e. The minimum absolute atomic E-state index is 0.981. The molecule has 0 saturated heterocycles. The van der Waals surface area contributed by atoms with Crippen LogP contribution in [0.3, 0.4) is 0 Å². The van der Waals surface area contributed by atoms with Crippen molar-refractivity contribution in [3.8, 4) is 0 Å². The Balaban J connectivity index is 0. The second-order valence-corrected chi connectivity index (χ2v) is 15.8. The monoisotopic (exact) mass is 219 g/mol. The average Bonchev–Trinajstić information content (AvgIpc) is 1.53. The van der Waals surface area contributed by atoms with Gasteiger partial charge in [0.2, 0.25) is 0 Å². The summed E-state index contributed by atoms with van der Waals surface area (Å²) in [7, 11) is -0.829. The van der Waals surface area contributed by atoms with Crippen LogP contribution in [0.25, 0.3) is 0 Å². The van der Waals surface area contributed by atoms with Gasteiger partial charge < -0.3 is 4.65 Å². The van der Waals surface area contributed by atoms with Crippen LogP contribution < -0.4 is 4.65 Å². The van der Waals surface area contributed by atoms with Gasteiger partial charge in [-0.2, -0.15) is 0 Å². The number of nitrogens with one attached hydrogen (secondary N) is 1. The Morgan fingerprint density at radius 2 is 1.17 bits per heavy atom. The first-order valence-electron chi connectivity index (χ1n) is 4.49. The molecule has 0 fully saturated rings. The molecule has 74 valence electrons. The average molecular weight is 220 g/mol. The van der Waals surface area contributed by atoms with E-state index in [1.807, 2.05) is 5.70 Å². The molecule has 1 N–H and O–H groups in total. The summed E-state index contributed by atoms with van der Waals surface area (Å²) in [5.74, 6) is 0. The molecule has 0 radical (unpaired) electrons. The maximum absolute atomic E-state index is 3.74. The molecule has 0 amide bonds. The van der Waals surface area contributed by atoms with Crippen LogP contribution >= 0.6 is 0 Å². The highest BCUT2D eigenvalue weighted by molar-refractivity contribution is 6.90. The quantitative estimate of drug-likeness (QED) is 0.698. The van der Waals surface area contributed by atoms with E-state index in [9.17, 15) is 0 Å². The van der Waals surface area contributed by atoms with Crippen molar-refractivity contribution in [1.82, 2.24) is 4.65 Å². The molecule has 1 nitrogen and oxygen atoms in total. The molecule has 0 heterocycles. The van der Waals surface area contributed by atoms with Crippen molar-refractivity contribution in [1.29, 1.82) is 0 Å². The van der Waals surface area contributed by atoms with Crippen LogP contribution in [0, 0.1) is 0 Å². The molecule has 0 spiro atoms. The number of hydrogen-bond acceptors (Lipinski definition) is 1. The van der Waals surface area contributed by atoms with Crippen LogP contribution in [0.1, 0.15) is 0 Å². The molecule has 12 heavy (non-hydrogen) atoms. The van der Waals surface area contributed by atoms with Crippen LogP contribution in [-0.4, -0.2) is 26.7 Å². The van der Waals surface area contributed by atoms with Gasteiger partial charge in [-0.15, -0.1) is 12.3 Å². The predicted octanol–water partition coefficient (Wildman–Crippen LogP) is 1.74. The summed E-state index contributed by atoms with van der Waals surface area (Å²) in [6.07, 6.45) is 0. The summed E-state index contributed by atoms with van der Waals surface area (Å²) in [5, 5.41) is 0. The Bertz CT molecular complexity index is 109. The SMILES string of the molecule is C=C[SiH3].C[Si](C)(C)N[Si](C)(C)C. The third kappa shape index (κ3) is 22.4. The fraction of sp³-hybridized carbons (Fsp3) is 0.750. The van der Waals surface area contributed by atoms with E-state index in [1.165, 1.54) is 0 Å². The lowest BCUT2D eigenvalue weighted by Gasteiger charge is -2.28. The minimum atomic E-state index is -0.981. The summed E-state index contributed by atoms with van der Waals surface area (Å²) in [6, 6.07) is 0. The van der Waals surface area contributed by atoms with Gasteiger partial charge in [-0.05, 0) is 0 Å². The predicted molar refractivity (Wildman–Crippen MR) is 70.0 cm³/mol. The molecule has 4 heteroatoms. The van der Waals surface area contributed by atoms with Gasteiger partial charge >= 0.3 is 0 Å². The molecule has 0 aromatic rings. The third-order valence-electron chi connectivity index (χ3n) is 0.750. The van der Waals surface area contributed by atoms with E-state index in [-0.39, 0.29) is 0 Å². The van der Waals surface area contributed by atoms with Gasteiger partial charge in [-0.1, -0.05) is 39.3 Å². The highest BCUT2D eigenvalue weighted by atomic mass is 28.4. The Kier molecular flexibility index (Phi) is 7.31. The van der Waals surface area contributed by atoms with Crippen molar-refractivity contribution in [3.05, 3.63) is 12.3 Å². The highest BCUT2D eigenvalue weighted by Gasteiger charge is 2.22. The van der Waals surface area contributed by atoms with Crippen molar-refractivity contribution in [2.45, 2.75) is 39.3 Å². The van der Waals surface area contributed by atoms with E-state index in [1.54, 1.807) is 0 Å². The lowest BCUT2D eigenvalue weighted by atomic mass is 11.3. The van der Waals surface area contributed by atoms with Gasteiger partial charge in [0.15, 0.2) is 0 Å². The molecule has 0 saturated carbocycles. The van der Waals surface area contributed by atoms with Crippen LogP contribution in [0.2, 0.25) is 39.3 Å². The maximum atomic E-state index is 3.74. The molecule has 0 atom stereocenters. The van der Waals surface area contributed by atoms with E-state index < -0.39 is 16.5 Å². The van der Waals surface area contributed by atoms with Gasteiger partial charge in [0.05, 0.1) is 0 Å². The molecule has 0 aliphatic rings. The first-order valence-corrected chi connectivity index (χ1v) is 12.6. The van der Waals surface area contributed by atoms with Crippen molar-refractivity contribution in [2.75, 3.05) is 0 Å². The van der Waals surface area contributed by atoms with Crippen molar-refractivity contribution in [2.24, 2.45) is 0 Å². The largest absolute Gasteiger partial charge is 0.360 e. The zero-order valence-corrected chi connectivity index (χ0v) is 13.8. The molecule has 0 aromatic carbocycles. The molecular formula is C8H25NSi3. The first-order chi connectivity index (χ1) is 5.12. The van der Waals surface area contributed by atoms with E-state index in [4.69, 9.17) is 0 Å². The van der Waals surface area contributed by atoms with Gasteiger partial charge in [-0.25, -0.2) is 0 Å². The molecule has 0 bridgehead atoms. The molecule has 0 unspecified atom stereocenters. The van der Waals surface area contributed by atoms with E-state index in [2.05, 4.69) is 50.5 Å². The van der Waals surface area contributed by atoms with E-state index >= 15 is 0 Å². The summed E-state index contributed by atoms with van der Waals surface area (Å²) in [5.41, 5.74) is 1.89. The molecular weight excluding hydrogens is 194 g/mol. The minimum Gasteiger partial charge on any atom is -0.360 e. The Morgan fingerprint density at radius 3 is 1.17 bits per heavy atom. The molecule has 0 aliphatic carbocycles. The summed E-state index contributed by atoms with van der Waals surface area (Å²) < 4.78 is 3.74. The van der Waals surface area contributed by atoms with Crippen molar-refractivity contribution in [3.63, 3.8) is 0 Å². The highest BCUT2D eigenvalue weighted by Crippen LogP contribution is 2.02. The molecule has 0 rings (SSSR count). The smallest absolute Gasteiger partial charge is 0.109 e. The van der Waals surface area contributed by atoms with E-state index in [0.29, 0.717) is 0 Å². The van der Waals surface area contributed by atoms with Gasteiger partial charge in [0.1, 0.15) is 16.5 Å². The zero-order chi connectivity index (χ0) is 10.4. The van der Waals surface area contributed by atoms with Crippen molar-refractivity contribution >= 4 is 26.7 Å². The number of rotatable bonds is 2. The molecule has 0 aromatic heterocycles.